The third kappa shape index (κ3) is 4.33. The van der Waals surface area contributed by atoms with Gasteiger partial charge in [-0.25, -0.2) is 9.31 Å². The standard InChI is InChI=1S/C22H19N5O5/c1-3-31-17-10-6-15(7-11-17)27-13-12-18(28)20(24-27)22(29)23-21-19(25-32-26-21)14-4-8-16(30-2)9-5-14/h4-13H,3H2,1-2H3,(H,23,26,29). The predicted octanol–water partition coefficient (Wildman–Crippen LogP) is 2.94. The maximum absolute atomic E-state index is 12.8. The topological polar surface area (TPSA) is 121 Å². The van der Waals surface area contributed by atoms with Crippen LogP contribution in [0.25, 0.3) is 16.9 Å². The molecule has 2 aromatic heterocycles. The fraction of sp³-hybridized carbons (Fsp3) is 0.136. The number of rotatable bonds is 7. The molecule has 4 rings (SSSR count). The van der Waals surface area contributed by atoms with Crippen LogP contribution in [0.4, 0.5) is 5.82 Å². The number of nitrogens with zero attached hydrogens (tertiary/aromatic N) is 4. The molecule has 0 aliphatic heterocycles. The van der Waals surface area contributed by atoms with Gasteiger partial charge in [0.05, 0.1) is 19.4 Å². The van der Waals surface area contributed by atoms with Crippen molar-refractivity contribution in [3.63, 3.8) is 0 Å². The number of amides is 1. The molecule has 10 heteroatoms. The van der Waals surface area contributed by atoms with Crippen molar-refractivity contribution in [1.29, 1.82) is 0 Å². The van der Waals surface area contributed by atoms with Gasteiger partial charge in [0.15, 0.2) is 11.4 Å². The fourth-order valence-corrected chi connectivity index (χ4v) is 2.95. The van der Waals surface area contributed by atoms with Gasteiger partial charge in [0.1, 0.15) is 11.5 Å². The highest BCUT2D eigenvalue weighted by molar-refractivity contribution is 6.03. The maximum atomic E-state index is 12.8. The van der Waals surface area contributed by atoms with Crippen molar-refractivity contribution in [2.45, 2.75) is 6.92 Å². The molecule has 0 bridgehead atoms. The van der Waals surface area contributed by atoms with E-state index in [0.717, 1.165) is 0 Å². The number of hydrogen-bond donors (Lipinski definition) is 1. The van der Waals surface area contributed by atoms with E-state index in [1.54, 1.807) is 55.6 Å². The largest absolute Gasteiger partial charge is 0.497 e. The molecular formula is C22H19N5O5. The Morgan fingerprint density at radius 3 is 2.44 bits per heavy atom. The van der Waals surface area contributed by atoms with Crippen molar-refractivity contribution in [2.75, 3.05) is 19.0 Å². The summed E-state index contributed by atoms with van der Waals surface area (Å²) in [6.45, 7) is 2.45. The Bertz CT molecular complexity index is 1280. The van der Waals surface area contributed by atoms with Gasteiger partial charge in [-0.1, -0.05) is 0 Å². The van der Waals surface area contributed by atoms with Crippen LogP contribution in [0.1, 0.15) is 17.4 Å². The second kappa shape index (κ2) is 9.13. The van der Waals surface area contributed by atoms with Crippen LogP contribution < -0.4 is 20.2 Å². The normalized spacial score (nSPS) is 10.6. The first-order valence-corrected chi connectivity index (χ1v) is 9.70. The van der Waals surface area contributed by atoms with E-state index in [1.165, 1.54) is 16.9 Å². The van der Waals surface area contributed by atoms with Gasteiger partial charge in [0, 0.05) is 17.8 Å². The molecule has 0 radical (unpaired) electrons. The van der Waals surface area contributed by atoms with Crippen LogP contribution in [0.5, 0.6) is 11.5 Å². The van der Waals surface area contributed by atoms with Crippen LogP contribution in [-0.2, 0) is 0 Å². The number of benzene rings is 2. The predicted molar refractivity (Wildman–Crippen MR) is 115 cm³/mol. The zero-order valence-corrected chi connectivity index (χ0v) is 17.3. The number of carbonyl (C=O) groups excluding carboxylic acids is 1. The van der Waals surface area contributed by atoms with E-state index >= 15 is 0 Å². The molecule has 0 saturated carbocycles. The molecule has 10 nitrogen and oxygen atoms in total. The third-order valence-electron chi connectivity index (χ3n) is 4.52. The second-order valence-corrected chi connectivity index (χ2v) is 6.54. The third-order valence-corrected chi connectivity index (χ3v) is 4.52. The summed E-state index contributed by atoms with van der Waals surface area (Å²) in [5.41, 5.74) is 0.778. The monoisotopic (exact) mass is 433 g/mol. The summed E-state index contributed by atoms with van der Waals surface area (Å²) in [4.78, 5) is 25.1. The van der Waals surface area contributed by atoms with Crippen LogP contribution >= 0.6 is 0 Å². The Morgan fingerprint density at radius 2 is 1.75 bits per heavy atom. The van der Waals surface area contributed by atoms with Gasteiger partial charge >= 0.3 is 0 Å². The van der Waals surface area contributed by atoms with Crippen LogP contribution in [0.15, 0.2) is 70.2 Å². The van der Waals surface area contributed by atoms with Gasteiger partial charge in [-0.3, -0.25) is 9.59 Å². The fourth-order valence-electron chi connectivity index (χ4n) is 2.95. The molecular weight excluding hydrogens is 414 g/mol. The van der Waals surface area contributed by atoms with Crippen molar-refractivity contribution in [3.05, 3.63) is 76.7 Å². The number of carbonyl (C=O) groups is 1. The second-order valence-electron chi connectivity index (χ2n) is 6.54. The van der Waals surface area contributed by atoms with Crippen LogP contribution in [0.2, 0.25) is 0 Å². The first-order valence-electron chi connectivity index (χ1n) is 9.70. The molecule has 162 valence electrons. The summed E-state index contributed by atoms with van der Waals surface area (Å²) in [5, 5.41) is 14.3. The van der Waals surface area contributed by atoms with Crippen LogP contribution in [0.3, 0.4) is 0 Å². The van der Waals surface area contributed by atoms with Gasteiger partial charge < -0.3 is 14.8 Å². The van der Waals surface area contributed by atoms with E-state index in [9.17, 15) is 9.59 Å². The van der Waals surface area contributed by atoms with E-state index in [0.29, 0.717) is 35.1 Å². The number of methoxy groups -OCH3 is 1. The minimum absolute atomic E-state index is 0.0674. The van der Waals surface area contributed by atoms with Crippen LogP contribution in [0, 0.1) is 0 Å². The molecule has 0 unspecified atom stereocenters. The summed E-state index contributed by atoms with van der Waals surface area (Å²) in [6, 6.07) is 15.3. The highest BCUT2D eigenvalue weighted by atomic mass is 16.6. The van der Waals surface area contributed by atoms with Crippen molar-refractivity contribution in [3.8, 4) is 28.4 Å². The summed E-state index contributed by atoms with van der Waals surface area (Å²) < 4.78 is 16.8. The minimum atomic E-state index is -0.735. The number of aromatic nitrogens is 4. The maximum Gasteiger partial charge on any atom is 0.281 e. The highest BCUT2D eigenvalue weighted by Crippen LogP contribution is 2.26. The van der Waals surface area contributed by atoms with Gasteiger partial charge in [0.25, 0.3) is 5.91 Å². The van der Waals surface area contributed by atoms with E-state index in [1.807, 2.05) is 6.92 Å². The molecule has 1 amide bonds. The number of hydrogen-bond acceptors (Lipinski definition) is 8. The van der Waals surface area contributed by atoms with Gasteiger partial charge in [-0.05, 0) is 65.8 Å². The van der Waals surface area contributed by atoms with Crippen molar-refractivity contribution in [1.82, 2.24) is 20.1 Å². The molecule has 0 fully saturated rings. The summed E-state index contributed by atoms with van der Waals surface area (Å²) in [5.74, 6) is 0.706. The quantitative estimate of drug-likeness (QED) is 0.472. The van der Waals surface area contributed by atoms with E-state index in [4.69, 9.17) is 14.1 Å². The van der Waals surface area contributed by atoms with E-state index in [-0.39, 0.29) is 11.5 Å². The lowest BCUT2D eigenvalue weighted by Gasteiger charge is -2.09. The highest BCUT2D eigenvalue weighted by Gasteiger charge is 2.19. The SMILES string of the molecule is CCOc1ccc(-n2ccc(=O)c(C(=O)Nc3nonc3-c3ccc(OC)cc3)n2)cc1. The van der Waals surface area contributed by atoms with Crippen LogP contribution in [-0.4, -0.2) is 39.7 Å². The minimum Gasteiger partial charge on any atom is -0.497 e. The van der Waals surface area contributed by atoms with Gasteiger partial charge in [-0.2, -0.15) is 5.10 Å². The summed E-state index contributed by atoms with van der Waals surface area (Å²) in [6.07, 6.45) is 1.48. The van der Waals surface area contributed by atoms with E-state index < -0.39 is 11.3 Å². The summed E-state index contributed by atoms with van der Waals surface area (Å²) in [7, 11) is 1.56. The first kappa shape index (κ1) is 20.8. The Kier molecular flexibility index (Phi) is 5.93. The number of anilines is 1. The molecule has 2 heterocycles. The first-order chi connectivity index (χ1) is 15.6. The lowest BCUT2D eigenvalue weighted by atomic mass is 10.1. The average molecular weight is 433 g/mol. The molecule has 2 aromatic carbocycles. The molecule has 0 aliphatic carbocycles. The molecule has 32 heavy (non-hydrogen) atoms. The summed E-state index contributed by atoms with van der Waals surface area (Å²) >= 11 is 0. The smallest absolute Gasteiger partial charge is 0.281 e. The van der Waals surface area contributed by atoms with E-state index in [2.05, 4.69) is 20.7 Å². The molecule has 1 N–H and O–H groups in total. The van der Waals surface area contributed by atoms with Crippen molar-refractivity contribution in [2.24, 2.45) is 0 Å². The zero-order valence-electron chi connectivity index (χ0n) is 17.3. The molecule has 0 aliphatic rings. The molecule has 0 spiro atoms. The Labute approximate surface area is 182 Å². The zero-order chi connectivity index (χ0) is 22.5. The van der Waals surface area contributed by atoms with Gasteiger partial charge in [0.2, 0.25) is 11.2 Å². The molecule has 0 atom stereocenters. The lowest BCUT2D eigenvalue weighted by molar-refractivity contribution is 0.101. The van der Waals surface area contributed by atoms with Crippen molar-refractivity contribution < 1.29 is 18.9 Å². The average Bonchev–Trinajstić information content (AvgIpc) is 3.28. The Hall–Kier alpha value is -4.47. The molecule has 4 aromatic rings. The Morgan fingerprint density at radius 1 is 1.03 bits per heavy atom. The number of ether oxygens (including phenoxy) is 2. The van der Waals surface area contributed by atoms with Gasteiger partial charge in [-0.15, -0.1) is 0 Å². The molecule has 0 saturated heterocycles. The number of nitrogens with one attached hydrogen (secondary N) is 1. The van der Waals surface area contributed by atoms with Crippen molar-refractivity contribution >= 4 is 11.7 Å². The Balaban J connectivity index is 1.58. The lowest BCUT2D eigenvalue weighted by Crippen LogP contribution is -2.25.